The highest BCUT2D eigenvalue weighted by atomic mass is 35.5. The molecule has 1 unspecified atom stereocenters. The number of hydrogen-bond acceptors (Lipinski definition) is 3. The minimum absolute atomic E-state index is 0.0135. The van der Waals surface area contributed by atoms with E-state index in [0.29, 0.717) is 22.9 Å². The fraction of sp³-hybridized carbons (Fsp3) is 0.316. The summed E-state index contributed by atoms with van der Waals surface area (Å²) in [7, 11) is 3.25. The first kappa shape index (κ1) is 16.7. The molecule has 0 saturated heterocycles. The molecule has 0 saturated carbocycles. The molecule has 0 fully saturated rings. The van der Waals surface area contributed by atoms with Gasteiger partial charge in [0.2, 0.25) is 0 Å². The summed E-state index contributed by atoms with van der Waals surface area (Å²) in [6.07, 6.45) is 0.787. The van der Waals surface area contributed by atoms with Crippen LogP contribution in [-0.4, -0.2) is 31.1 Å². The van der Waals surface area contributed by atoms with Crippen molar-refractivity contribution >= 4 is 17.5 Å². The van der Waals surface area contributed by atoms with Crippen LogP contribution in [-0.2, 0) is 13.0 Å². The summed E-state index contributed by atoms with van der Waals surface area (Å²) in [4.78, 5) is 14.7. The molecule has 1 amide bonds. The number of nitrogens with zero attached hydrogens (tertiary/aromatic N) is 1. The van der Waals surface area contributed by atoms with Gasteiger partial charge in [0, 0.05) is 23.2 Å². The molecule has 5 heteroatoms. The predicted octanol–water partition coefficient (Wildman–Crippen LogP) is 3.94. The number of carbonyl (C=O) groups excluding carboxylic acids is 1. The Hall–Kier alpha value is -2.20. The minimum Gasteiger partial charge on any atom is -0.493 e. The van der Waals surface area contributed by atoms with Gasteiger partial charge in [-0.1, -0.05) is 11.6 Å². The second-order valence-corrected chi connectivity index (χ2v) is 6.41. The average Bonchev–Trinajstić information content (AvgIpc) is 2.60. The molecule has 1 atom stereocenters. The van der Waals surface area contributed by atoms with Crippen LogP contribution in [0, 0.1) is 0 Å². The number of rotatable bonds is 3. The zero-order chi connectivity index (χ0) is 17.3. The highest BCUT2D eigenvalue weighted by Gasteiger charge is 2.28. The van der Waals surface area contributed by atoms with Crippen LogP contribution in [0.15, 0.2) is 36.4 Å². The normalized spacial score (nSPS) is 16.5. The zero-order valence-electron chi connectivity index (χ0n) is 14.0. The Morgan fingerprint density at radius 3 is 2.25 bits per heavy atom. The van der Waals surface area contributed by atoms with Gasteiger partial charge in [-0.3, -0.25) is 4.79 Å². The Labute approximate surface area is 146 Å². The van der Waals surface area contributed by atoms with Crippen LogP contribution < -0.4 is 9.47 Å². The van der Waals surface area contributed by atoms with Crippen molar-refractivity contribution in [1.29, 1.82) is 0 Å². The summed E-state index contributed by atoms with van der Waals surface area (Å²) >= 11 is 5.91. The molecular weight excluding hydrogens is 326 g/mol. The van der Waals surface area contributed by atoms with Gasteiger partial charge in [0.15, 0.2) is 11.5 Å². The van der Waals surface area contributed by atoms with Gasteiger partial charge in [-0.15, -0.1) is 0 Å². The van der Waals surface area contributed by atoms with Gasteiger partial charge >= 0.3 is 0 Å². The summed E-state index contributed by atoms with van der Waals surface area (Å²) in [6.45, 7) is 2.62. The van der Waals surface area contributed by atoms with Gasteiger partial charge in [0.25, 0.3) is 5.91 Å². The first-order valence-corrected chi connectivity index (χ1v) is 8.21. The molecule has 2 aromatic carbocycles. The standard InChI is InChI=1S/C19H20ClNO3/c1-12-8-14-9-17(23-2)18(24-3)10-15(14)11-21(12)19(22)13-4-6-16(20)7-5-13/h4-7,9-10,12H,8,11H2,1-3H3. The summed E-state index contributed by atoms with van der Waals surface area (Å²) in [5.74, 6) is 1.42. The largest absolute Gasteiger partial charge is 0.493 e. The van der Waals surface area contributed by atoms with E-state index < -0.39 is 0 Å². The molecule has 1 aliphatic rings. The topological polar surface area (TPSA) is 38.8 Å². The Morgan fingerprint density at radius 1 is 1.08 bits per heavy atom. The lowest BCUT2D eigenvalue weighted by Gasteiger charge is -2.35. The van der Waals surface area contributed by atoms with E-state index in [1.807, 2.05) is 17.0 Å². The van der Waals surface area contributed by atoms with Gasteiger partial charge in [-0.25, -0.2) is 0 Å². The van der Waals surface area contributed by atoms with Crippen molar-refractivity contribution in [2.75, 3.05) is 14.2 Å². The molecule has 24 heavy (non-hydrogen) atoms. The zero-order valence-corrected chi connectivity index (χ0v) is 14.8. The molecule has 0 radical (unpaired) electrons. The Kier molecular flexibility index (Phi) is 4.67. The van der Waals surface area contributed by atoms with Gasteiger partial charge in [0.1, 0.15) is 0 Å². The molecule has 2 aromatic rings. The van der Waals surface area contributed by atoms with Crippen molar-refractivity contribution in [1.82, 2.24) is 4.90 Å². The lowest BCUT2D eigenvalue weighted by Crippen LogP contribution is -2.42. The van der Waals surface area contributed by atoms with Crippen molar-refractivity contribution in [3.8, 4) is 11.5 Å². The van der Waals surface area contributed by atoms with Crippen LogP contribution in [0.2, 0.25) is 5.02 Å². The van der Waals surface area contributed by atoms with Crippen LogP contribution in [0.5, 0.6) is 11.5 Å². The summed E-state index contributed by atoms with van der Waals surface area (Å²) in [5, 5.41) is 0.625. The van der Waals surface area contributed by atoms with Crippen LogP contribution in [0.4, 0.5) is 0 Å². The smallest absolute Gasteiger partial charge is 0.254 e. The molecule has 4 nitrogen and oxygen atoms in total. The van der Waals surface area contributed by atoms with E-state index in [2.05, 4.69) is 6.92 Å². The summed E-state index contributed by atoms with van der Waals surface area (Å²) in [5.41, 5.74) is 2.93. The van der Waals surface area contributed by atoms with Crippen molar-refractivity contribution in [2.24, 2.45) is 0 Å². The van der Waals surface area contributed by atoms with E-state index in [-0.39, 0.29) is 11.9 Å². The maximum absolute atomic E-state index is 12.8. The van der Waals surface area contributed by atoms with Gasteiger partial charge in [-0.2, -0.15) is 0 Å². The number of methoxy groups -OCH3 is 2. The van der Waals surface area contributed by atoms with Gasteiger partial charge < -0.3 is 14.4 Å². The predicted molar refractivity (Wildman–Crippen MR) is 94.0 cm³/mol. The van der Waals surface area contributed by atoms with Crippen LogP contribution in [0.1, 0.15) is 28.4 Å². The van der Waals surface area contributed by atoms with Gasteiger partial charge in [0.05, 0.1) is 14.2 Å². The monoisotopic (exact) mass is 345 g/mol. The number of fused-ring (bicyclic) bond motifs is 1. The third-order valence-electron chi connectivity index (χ3n) is 4.45. The van der Waals surface area contributed by atoms with Crippen molar-refractivity contribution in [3.63, 3.8) is 0 Å². The number of amides is 1. The second kappa shape index (κ2) is 6.73. The Balaban J connectivity index is 1.91. The van der Waals surface area contributed by atoms with E-state index in [0.717, 1.165) is 17.7 Å². The summed E-state index contributed by atoms with van der Waals surface area (Å²) in [6, 6.07) is 11.1. The number of benzene rings is 2. The number of hydrogen-bond donors (Lipinski definition) is 0. The molecule has 126 valence electrons. The molecular formula is C19H20ClNO3. The molecule has 0 spiro atoms. The fourth-order valence-electron chi connectivity index (χ4n) is 3.10. The first-order chi connectivity index (χ1) is 11.5. The highest BCUT2D eigenvalue weighted by Crippen LogP contribution is 2.35. The third kappa shape index (κ3) is 3.06. The minimum atomic E-state index is 0.0135. The third-order valence-corrected chi connectivity index (χ3v) is 4.70. The fourth-order valence-corrected chi connectivity index (χ4v) is 3.22. The highest BCUT2D eigenvalue weighted by molar-refractivity contribution is 6.30. The van der Waals surface area contributed by atoms with E-state index in [1.165, 1.54) is 5.56 Å². The van der Waals surface area contributed by atoms with Crippen molar-refractivity contribution in [2.45, 2.75) is 25.9 Å². The number of halogens is 1. The quantitative estimate of drug-likeness (QED) is 0.845. The maximum Gasteiger partial charge on any atom is 0.254 e. The lowest BCUT2D eigenvalue weighted by atomic mass is 9.93. The number of carbonyl (C=O) groups is 1. The Bertz CT molecular complexity index is 758. The van der Waals surface area contributed by atoms with Crippen molar-refractivity contribution in [3.05, 3.63) is 58.1 Å². The molecule has 3 rings (SSSR count). The molecule has 0 N–H and O–H groups in total. The van der Waals surface area contributed by atoms with Crippen LogP contribution >= 0.6 is 11.6 Å². The lowest BCUT2D eigenvalue weighted by molar-refractivity contribution is 0.0658. The maximum atomic E-state index is 12.8. The van der Waals surface area contributed by atoms with E-state index in [1.54, 1.807) is 38.5 Å². The van der Waals surface area contributed by atoms with E-state index >= 15 is 0 Å². The van der Waals surface area contributed by atoms with E-state index in [9.17, 15) is 4.79 Å². The summed E-state index contributed by atoms with van der Waals surface area (Å²) < 4.78 is 10.8. The van der Waals surface area contributed by atoms with Gasteiger partial charge in [-0.05, 0) is 60.9 Å². The second-order valence-electron chi connectivity index (χ2n) is 5.97. The molecule has 0 aromatic heterocycles. The van der Waals surface area contributed by atoms with Crippen LogP contribution in [0.3, 0.4) is 0 Å². The Morgan fingerprint density at radius 2 is 1.67 bits per heavy atom. The first-order valence-electron chi connectivity index (χ1n) is 7.83. The molecule has 1 aliphatic heterocycles. The van der Waals surface area contributed by atoms with Crippen molar-refractivity contribution < 1.29 is 14.3 Å². The molecule has 0 aliphatic carbocycles. The SMILES string of the molecule is COc1cc2c(cc1OC)CN(C(=O)c1ccc(Cl)cc1)C(C)C2. The van der Waals surface area contributed by atoms with Crippen LogP contribution in [0.25, 0.3) is 0 Å². The number of ether oxygens (including phenoxy) is 2. The molecule has 1 heterocycles. The average molecular weight is 346 g/mol. The van der Waals surface area contributed by atoms with E-state index in [4.69, 9.17) is 21.1 Å². The molecule has 0 bridgehead atoms.